The molecule has 0 spiro atoms. The number of piperidine rings is 1. The Kier molecular flexibility index (Phi) is 3.56. The molecule has 1 aromatic carbocycles. The molecular weight excluding hydrogens is 274 g/mol. The number of carbonyl (C=O) groups is 1. The van der Waals surface area contributed by atoms with Gasteiger partial charge in [-0.15, -0.1) is 0 Å². The summed E-state index contributed by atoms with van der Waals surface area (Å²) in [5, 5.41) is 19.6. The quantitative estimate of drug-likeness (QED) is 0.669. The van der Waals surface area contributed by atoms with E-state index in [1.165, 1.54) is 24.3 Å². The van der Waals surface area contributed by atoms with Gasteiger partial charge in [0.1, 0.15) is 0 Å². The number of alkyl halides is 2. The van der Waals surface area contributed by atoms with Crippen molar-refractivity contribution in [1.82, 2.24) is 4.90 Å². The first-order valence-electron chi connectivity index (χ1n) is 5.92. The van der Waals surface area contributed by atoms with Crippen LogP contribution in [0.1, 0.15) is 24.4 Å². The number of rotatable bonds is 2. The van der Waals surface area contributed by atoms with Gasteiger partial charge in [0.25, 0.3) is 11.6 Å². The van der Waals surface area contributed by atoms with Crippen molar-refractivity contribution in [2.75, 3.05) is 6.54 Å². The molecule has 0 aliphatic carbocycles. The molecule has 0 radical (unpaired) electrons. The fourth-order valence-corrected chi connectivity index (χ4v) is 2.28. The average Bonchev–Trinajstić information content (AvgIpc) is 2.37. The van der Waals surface area contributed by atoms with E-state index < -0.39 is 35.8 Å². The van der Waals surface area contributed by atoms with Crippen LogP contribution in [0.4, 0.5) is 19.3 Å². The number of amides is 1. The Morgan fingerprint density at radius 1 is 1.40 bits per heavy atom. The Morgan fingerprint density at radius 2 is 2.00 bits per heavy atom. The van der Waals surface area contributed by atoms with Gasteiger partial charge in [-0.3, -0.25) is 10.1 Å². The first-order valence-corrected chi connectivity index (χ1v) is 5.92. The lowest BCUT2D eigenvalue weighted by atomic mass is 9.93. The Morgan fingerprint density at radius 3 is 2.50 bits per heavy atom. The number of hydrogen-bond donors (Lipinski definition) is 1. The second-order valence-corrected chi connectivity index (χ2v) is 4.65. The third-order valence-corrected chi connectivity index (χ3v) is 3.32. The normalized spacial score (nSPS) is 21.5. The molecule has 1 aliphatic rings. The maximum Gasteiger partial charge on any atom is 0.407 e. The molecule has 0 aromatic heterocycles. The van der Waals surface area contributed by atoms with Crippen molar-refractivity contribution in [1.29, 1.82) is 0 Å². The van der Waals surface area contributed by atoms with Crippen LogP contribution in [-0.2, 0) is 0 Å². The molecule has 20 heavy (non-hydrogen) atoms. The Bertz CT molecular complexity index is 533. The molecule has 8 heteroatoms. The molecule has 1 aliphatic heterocycles. The van der Waals surface area contributed by atoms with Crippen molar-refractivity contribution in [3.05, 3.63) is 39.9 Å². The molecule has 1 fully saturated rings. The monoisotopic (exact) mass is 286 g/mol. The molecule has 2 rings (SSSR count). The molecule has 1 heterocycles. The van der Waals surface area contributed by atoms with E-state index in [2.05, 4.69) is 0 Å². The van der Waals surface area contributed by atoms with Gasteiger partial charge in [0.05, 0.1) is 11.0 Å². The molecule has 108 valence electrons. The topological polar surface area (TPSA) is 83.7 Å². The summed E-state index contributed by atoms with van der Waals surface area (Å²) >= 11 is 0. The van der Waals surface area contributed by atoms with Crippen molar-refractivity contribution in [2.24, 2.45) is 0 Å². The summed E-state index contributed by atoms with van der Waals surface area (Å²) in [7, 11) is 0. The summed E-state index contributed by atoms with van der Waals surface area (Å²) < 4.78 is 26.9. The van der Waals surface area contributed by atoms with Gasteiger partial charge in [-0.2, -0.15) is 0 Å². The zero-order valence-corrected chi connectivity index (χ0v) is 10.3. The average molecular weight is 286 g/mol. The van der Waals surface area contributed by atoms with Crippen LogP contribution in [0.25, 0.3) is 0 Å². The summed E-state index contributed by atoms with van der Waals surface area (Å²) in [5.41, 5.74) is 0.163. The fourth-order valence-electron chi connectivity index (χ4n) is 2.28. The Labute approximate surface area is 112 Å². The summed E-state index contributed by atoms with van der Waals surface area (Å²) in [5.74, 6) is -2.93. The maximum atomic E-state index is 13.5. The standard InChI is InChI=1S/C12H12F2N2O4/c13-12(14)5-6-15(11(17)18)10(7-12)8-1-3-9(4-2-8)16(19)20/h1-4,10H,5-7H2,(H,17,18). The number of benzene rings is 1. The summed E-state index contributed by atoms with van der Waals surface area (Å²) in [4.78, 5) is 22.0. The first kappa shape index (κ1) is 14.2. The van der Waals surface area contributed by atoms with Crippen molar-refractivity contribution < 1.29 is 23.6 Å². The van der Waals surface area contributed by atoms with Gasteiger partial charge in [0.2, 0.25) is 0 Å². The smallest absolute Gasteiger partial charge is 0.407 e. The number of carboxylic acid groups (broad SMARTS) is 1. The lowest BCUT2D eigenvalue weighted by Gasteiger charge is -2.37. The van der Waals surface area contributed by atoms with Crippen LogP contribution in [0.5, 0.6) is 0 Å². The fraction of sp³-hybridized carbons (Fsp3) is 0.417. The van der Waals surface area contributed by atoms with Gasteiger partial charge in [-0.1, -0.05) is 12.1 Å². The highest BCUT2D eigenvalue weighted by atomic mass is 19.3. The maximum absolute atomic E-state index is 13.5. The molecule has 6 nitrogen and oxygen atoms in total. The third kappa shape index (κ3) is 2.84. The number of hydrogen-bond acceptors (Lipinski definition) is 3. The Balaban J connectivity index is 2.30. The number of nitro benzene ring substituents is 1. The number of nitrogens with zero attached hydrogens (tertiary/aromatic N) is 2. The summed E-state index contributed by atoms with van der Waals surface area (Å²) in [6, 6.07) is 4.02. The van der Waals surface area contributed by atoms with Gasteiger partial charge in [-0.05, 0) is 5.56 Å². The van der Waals surface area contributed by atoms with E-state index in [9.17, 15) is 23.7 Å². The zero-order chi connectivity index (χ0) is 14.9. The van der Waals surface area contributed by atoms with Crippen molar-refractivity contribution in [3.8, 4) is 0 Å². The molecule has 1 atom stereocenters. The predicted octanol–water partition coefficient (Wildman–Crippen LogP) is 3.05. The highest BCUT2D eigenvalue weighted by molar-refractivity contribution is 5.66. The van der Waals surface area contributed by atoms with Crippen LogP contribution < -0.4 is 0 Å². The molecular formula is C12H12F2N2O4. The van der Waals surface area contributed by atoms with E-state index in [0.717, 1.165) is 4.90 Å². The largest absolute Gasteiger partial charge is 0.465 e. The SMILES string of the molecule is O=C(O)N1CCC(F)(F)CC1c1ccc([N+](=O)[O-])cc1. The second kappa shape index (κ2) is 5.03. The minimum Gasteiger partial charge on any atom is -0.465 e. The molecule has 0 saturated carbocycles. The van der Waals surface area contributed by atoms with E-state index in [0.29, 0.717) is 5.56 Å². The molecule has 1 N–H and O–H groups in total. The lowest BCUT2D eigenvalue weighted by molar-refractivity contribution is -0.384. The van der Waals surface area contributed by atoms with E-state index in [-0.39, 0.29) is 12.2 Å². The van der Waals surface area contributed by atoms with E-state index >= 15 is 0 Å². The minimum atomic E-state index is -2.93. The Hall–Kier alpha value is -2.25. The van der Waals surface area contributed by atoms with Gasteiger partial charge in [0.15, 0.2) is 0 Å². The minimum absolute atomic E-state index is 0.168. The van der Waals surface area contributed by atoms with Gasteiger partial charge < -0.3 is 10.0 Å². The van der Waals surface area contributed by atoms with E-state index in [1.54, 1.807) is 0 Å². The van der Waals surface area contributed by atoms with Crippen LogP contribution in [0.3, 0.4) is 0 Å². The number of nitro groups is 1. The van der Waals surface area contributed by atoms with E-state index in [4.69, 9.17) is 5.11 Å². The summed E-state index contributed by atoms with van der Waals surface area (Å²) in [6.07, 6.45) is -2.40. The molecule has 0 bridgehead atoms. The van der Waals surface area contributed by atoms with Crippen LogP contribution >= 0.6 is 0 Å². The van der Waals surface area contributed by atoms with Gasteiger partial charge in [0, 0.05) is 31.5 Å². The van der Waals surface area contributed by atoms with Gasteiger partial charge >= 0.3 is 6.09 Å². The number of likely N-dealkylation sites (tertiary alicyclic amines) is 1. The van der Waals surface area contributed by atoms with Crippen LogP contribution in [-0.4, -0.2) is 33.5 Å². The zero-order valence-electron chi connectivity index (χ0n) is 10.3. The van der Waals surface area contributed by atoms with Crippen molar-refractivity contribution >= 4 is 11.8 Å². The highest BCUT2D eigenvalue weighted by Crippen LogP contribution is 2.40. The van der Waals surface area contributed by atoms with Crippen LogP contribution in [0.15, 0.2) is 24.3 Å². The molecule has 1 amide bonds. The lowest BCUT2D eigenvalue weighted by Crippen LogP contribution is -2.44. The van der Waals surface area contributed by atoms with Crippen LogP contribution in [0.2, 0.25) is 0 Å². The molecule has 1 saturated heterocycles. The van der Waals surface area contributed by atoms with Crippen LogP contribution in [0, 0.1) is 10.1 Å². The number of halogens is 2. The molecule has 1 aromatic rings. The van der Waals surface area contributed by atoms with Crippen molar-refractivity contribution in [3.63, 3.8) is 0 Å². The third-order valence-electron chi connectivity index (χ3n) is 3.32. The second-order valence-electron chi connectivity index (χ2n) is 4.65. The predicted molar refractivity (Wildman–Crippen MR) is 64.7 cm³/mol. The number of non-ortho nitro benzene ring substituents is 1. The van der Waals surface area contributed by atoms with Gasteiger partial charge in [-0.25, -0.2) is 13.6 Å². The first-order chi connectivity index (χ1) is 9.30. The van der Waals surface area contributed by atoms with E-state index in [1.807, 2.05) is 0 Å². The highest BCUT2D eigenvalue weighted by Gasteiger charge is 2.42. The van der Waals surface area contributed by atoms with Crippen molar-refractivity contribution in [2.45, 2.75) is 24.8 Å². The summed E-state index contributed by atoms with van der Waals surface area (Å²) in [6.45, 7) is -0.260. The molecule has 1 unspecified atom stereocenters.